The number of pyridine rings is 1. The van der Waals surface area contributed by atoms with Gasteiger partial charge in [-0.05, 0) is 42.0 Å². The van der Waals surface area contributed by atoms with E-state index in [2.05, 4.69) is 10.3 Å². The Morgan fingerprint density at radius 2 is 2.04 bits per heavy atom. The summed E-state index contributed by atoms with van der Waals surface area (Å²) in [5.74, 6) is 0.460. The summed E-state index contributed by atoms with van der Waals surface area (Å²) in [5, 5.41) is 3.62. The van der Waals surface area contributed by atoms with Gasteiger partial charge in [0.25, 0.3) is 5.91 Å². The number of halogens is 2. The highest BCUT2D eigenvalue weighted by Crippen LogP contribution is 2.22. The van der Waals surface area contributed by atoms with Gasteiger partial charge in [0.05, 0.1) is 16.8 Å². The second-order valence-corrected chi connectivity index (χ2v) is 5.71. The topological polar surface area (TPSA) is 55.1 Å². The van der Waals surface area contributed by atoms with Crippen molar-refractivity contribution in [2.75, 3.05) is 0 Å². The van der Waals surface area contributed by atoms with Gasteiger partial charge in [-0.1, -0.05) is 23.2 Å². The lowest BCUT2D eigenvalue weighted by atomic mass is 10.1. The highest BCUT2D eigenvalue weighted by Gasteiger charge is 2.11. The van der Waals surface area contributed by atoms with E-state index < -0.39 is 0 Å². The number of rotatable bonds is 4. The normalized spacial score (nSPS) is 10.5. The van der Waals surface area contributed by atoms with Crippen molar-refractivity contribution in [2.24, 2.45) is 0 Å². The van der Waals surface area contributed by atoms with Crippen LogP contribution in [-0.4, -0.2) is 10.9 Å². The smallest absolute Gasteiger partial charge is 0.253 e. The van der Waals surface area contributed by atoms with E-state index in [-0.39, 0.29) is 5.91 Å². The van der Waals surface area contributed by atoms with Crippen molar-refractivity contribution in [2.45, 2.75) is 6.54 Å². The Hall–Kier alpha value is -2.30. The lowest BCUT2D eigenvalue weighted by molar-refractivity contribution is 0.0951. The van der Waals surface area contributed by atoms with Crippen LogP contribution in [0.3, 0.4) is 0 Å². The van der Waals surface area contributed by atoms with Crippen LogP contribution < -0.4 is 5.32 Å². The molecule has 1 amide bonds. The minimum atomic E-state index is -0.268. The third-order valence-electron chi connectivity index (χ3n) is 3.23. The predicted molar refractivity (Wildman–Crippen MR) is 89.6 cm³/mol. The maximum Gasteiger partial charge on any atom is 0.253 e. The molecule has 116 valence electrons. The standard InChI is InChI=1S/C17H12Cl2N2O2/c18-13-3-4-14(15(19)7-13)17(22)21-9-11-6-12(10-20-8-11)16-2-1-5-23-16/h1-8,10H,9H2,(H,21,22). The molecule has 4 nitrogen and oxygen atoms in total. The van der Waals surface area contributed by atoms with E-state index in [0.29, 0.717) is 22.2 Å². The Bertz CT molecular complexity index is 832. The van der Waals surface area contributed by atoms with Crippen LogP contribution >= 0.6 is 23.2 Å². The number of hydrogen-bond donors (Lipinski definition) is 1. The summed E-state index contributed by atoms with van der Waals surface area (Å²) < 4.78 is 5.34. The summed E-state index contributed by atoms with van der Waals surface area (Å²) in [4.78, 5) is 16.4. The van der Waals surface area contributed by atoms with Crippen LogP contribution in [0.25, 0.3) is 11.3 Å². The Morgan fingerprint density at radius 3 is 2.78 bits per heavy atom. The molecule has 6 heteroatoms. The molecule has 3 aromatic rings. The molecule has 1 N–H and O–H groups in total. The molecule has 0 spiro atoms. The van der Waals surface area contributed by atoms with Crippen LogP contribution in [-0.2, 0) is 6.54 Å². The summed E-state index contributed by atoms with van der Waals surface area (Å²) >= 11 is 11.9. The number of carbonyl (C=O) groups is 1. The van der Waals surface area contributed by atoms with Crippen molar-refractivity contribution < 1.29 is 9.21 Å². The molecule has 3 rings (SSSR count). The van der Waals surface area contributed by atoms with Crippen LogP contribution in [0.4, 0.5) is 0 Å². The SMILES string of the molecule is O=C(NCc1cncc(-c2ccco2)c1)c1ccc(Cl)cc1Cl. The van der Waals surface area contributed by atoms with E-state index in [1.807, 2.05) is 18.2 Å². The third kappa shape index (κ3) is 3.73. The largest absolute Gasteiger partial charge is 0.464 e. The van der Waals surface area contributed by atoms with E-state index in [1.54, 1.807) is 30.8 Å². The summed E-state index contributed by atoms with van der Waals surface area (Å²) in [6.45, 7) is 0.333. The fourth-order valence-electron chi connectivity index (χ4n) is 2.11. The Labute approximate surface area is 143 Å². The second-order valence-electron chi connectivity index (χ2n) is 4.87. The quantitative estimate of drug-likeness (QED) is 0.752. The highest BCUT2D eigenvalue weighted by molar-refractivity contribution is 6.36. The molecule has 0 atom stereocenters. The maximum atomic E-state index is 12.2. The number of benzene rings is 1. The summed E-state index contributed by atoms with van der Waals surface area (Å²) in [5.41, 5.74) is 2.09. The van der Waals surface area contributed by atoms with Crippen molar-refractivity contribution in [3.63, 3.8) is 0 Å². The van der Waals surface area contributed by atoms with E-state index in [9.17, 15) is 4.79 Å². The Kier molecular flexibility index (Phi) is 4.65. The molecule has 1 aromatic carbocycles. The number of carbonyl (C=O) groups excluding carboxylic acids is 1. The van der Waals surface area contributed by atoms with Crippen molar-refractivity contribution >= 4 is 29.1 Å². The van der Waals surface area contributed by atoms with Crippen LogP contribution in [0.15, 0.2) is 59.5 Å². The maximum absolute atomic E-state index is 12.2. The van der Waals surface area contributed by atoms with Gasteiger partial charge >= 0.3 is 0 Å². The summed E-state index contributed by atoms with van der Waals surface area (Å²) in [7, 11) is 0. The highest BCUT2D eigenvalue weighted by atomic mass is 35.5. The molecule has 0 saturated carbocycles. The zero-order valence-corrected chi connectivity index (χ0v) is 13.4. The van der Waals surface area contributed by atoms with E-state index >= 15 is 0 Å². The van der Waals surface area contributed by atoms with Gasteiger partial charge in [-0.2, -0.15) is 0 Å². The first kappa shape index (κ1) is 15.6. The number of hydrogen-bond acceptors (Lipinski definition) is 3. The monoisotopic (exact) mass is 346 g/mol. The van der Waals surface area contributed by atoms with Gasteiger partial charge in [0.2, 0.25) is 0 Å². The molecular formula is C17H12Cl2N2O2. The fraction of sp³-hybridized carbons (Fsp3) is 0.0588. The Morgan fingerprint density at radius 1 is 1.17 bits per heavy atom. The fourth-order valence-corrected chi connectivity index (χ4v) is 2.61. The molecule has 0 aliphatic heterocycles. The first-order chi connectivity index (χ1) is 11.1. The minimum Gasteiger partial charge on any atom is -0.464 e. The van der Waals surface area contributed by atoms with E-state index in [1.165, 1.54) is 6.07 Å². The van der Waals surface area contributed by atoms with Gasteiger partial charge < -0.3 is 9.73 Å². The van der Waals surface area contributed by atoms with Gasteiger partial charge in [-0.25, -0.2) is 0 Å². The molecule has 0 unspecified atom stereocenters. The molecule has 0 fully saturated rings. The molecule has 23 heavy (non-hydrogen) atoms. The van der Waals surface area contributed by atoms with Crippen LogP contribution in [0.1, 0.15) is 15.9 Å². The molecule has 0 radical (unpaired) electrons. The van der Waals surface area contributed by atoms with Crippen LogP contribution in [0.2, 0.25) is 10.0 Å². The molecule has 2 heterocycles. The van der Waals surface area contributed by atoms with Crippen LogP contribution in [0.5, 0.6) is 0 Å². The number of amides is 1. The molecule has 0 saturated heterocycles. The molecule has 0 bridgehead atoms. The van der Waals surface area contributed by atoms with Gasteiger partial charge in [-0.3, -0.25) is 9.78 Å². The van der Waals surface area contributed by atoms with E-state index in [4.69, 9.17) is 27.6 Å². The lowest BCUT2D eigenvalue weighted by Crippen LogP contribution is -2.23. The first-order valence-corrected chi connectivity index (χ1v) is 7.60. The molecule has 0 aliphatic rings. The molecule has 2 aromatic heterocycles. The van der Waals surface area contributed by atoms with Crippen molar-refractivity contribution in [3.8, 4) is 11.3 Å². The number of aromatic nitrogens is 1. The van der Waals surface area contributed by atoms with Gasteiger partial charge in [0, 0.05) is 29.5 Å². The van der Waals surface area contributed by atoms with E-state index in [0.717, 1.165) is 16.9 Å². The van der Waals surface area contributed by atoms with Gasteiger partial charge in [0.1, 0.15) is 5.76 Å². The molecular weight excluding hydrogens is 335 g/mol. The number of nitrogens with one attached hydrogen (secondary N) is 1. The predicted octanol–water partition coefficient (Wildman–Crippen LogP) is 4.58. The average Bonchev–Trinajstić information content (AvgIpc) is 3.07. The van der Waals surface area contributed by atoms with Crippen molar-refractivity contribution in [1.82, 2.24) is 10.3 Å². The zero-order valence-electron chi connectivity index (χ0n) is 11.9. The lowest BCUT2D eigenvalue weighted by Gasteiger charge is -2.08. The third-order valence-corrected chi connectivity index (χ3v) is 3.78. The van der Waals surface area contributed by atoms with Crippen molar-refractivity contribution in [3.05, 3.63) is 76.2 Å². The van der Waals surface area contributed by atoms with Crippen LogP contribution in [0, 0.1) is 0 Å². The van der Waals surface area contributed by atoms with Crippen molar-refractivity contribution in [1.29, 1.82) is 0 Å². The summed E-state index contributed by atoms with van der Waals surface area (Å²) in [6.07, 6.45) is 5.00. The zero-order chi connectivity index (χ0) is 16.2. The first-order valence-electron chi connectivity index (χ1n) is 6.84. The summed E-state index contributed by atoms with van der Waals surface area (Å²) in [6, 6.07) is 10.3. The average molecular weight is 347 g/mol. The van der Waals surface area contributed by atoms with Gasteiger partial charge in [0.15, 0.2) is 0 Å². The minimum absolute atomic E-state index is 0.268. The Balaban J connectivity index is 1.71. The number of furan rings is 1. The molecule has 0 aliphatic carbocycles. The van der Waals surface area contributed by atoms with Gasteiger partial charge in [-0.15, -0.1) is 0 Å². The second kappa shape index (κ2) is 6.86. The number of nitrogens with zero attached hydrogens (tertiary/aromatic N) is 1.